The molecule has 1 aliphatic rings. The number of nitrogens with zero attached hydrogens (tertiary/aromatic N) is 1. The predicted molar refractivity (Wildman–Crippen MR) is 83.7 cm³/mol. The Balaban J connectivity index is 1.78. The number of nitrogens with one attached hydrogen (secondary N) is 2. The monoisotopic (exact) mass is 317 g/mol. The molecule has 0 saturated carbocycles. The third-order valence-electron chi connectivity index (χ3n) is 3.57. The summed E-state index contributed by atoms with van der Waals surface area (Å²) in [4.78, 5) is 4.51. The SMILES string of the molecule is Cc1cc(CNS(=O)(=O)CCN2CCNCC2)sc1C. The van der Waals surface area contributed by atoms with Gasteiger partial charge < -0.3 is 5.32 Å². The van der Waals surface area contributed by atoms with Crippen LogP contribution >= 0.6 is 11.3 Å². The van der Waals surface area contributed by atoms with Crippen molar-refractivity contribution < 1.29 is 8.42 Å². The summed E-state index contributed by atoms with van der Waals surface area (Å²) in [5.41, 5.74) is 1.23. The Kier molecular flexibility index (Phi) is 5.57. The Labute approximate surface area is 125 Å². The van der Waals surface area contributed by atoms with Crippen LogP contribution < -0.4 is 10.0 Å². The number of hydrogen-bond acceptors (Lipinski definition) is 5. The van der Waals surface area contributed by atoms with E-state index in [1.807, 2.05) is 6.92 Å². The molecular weight excluding hydrogens is 294 g/mol. The first-order chi connectivity index (χ1) is 9.46. The van der Waals surface area contributed by atoms with Gasteiger partial charge in [0.05, 0.1) is 5.75 Å². The average molecular weight is 317 g/mol. The summed E-state index contributed by atoms with van der Waals surface area (Å²) in [5, 5.41) is 3.26. The Bertz CT molecular complexity index is 514. The van der Waals surface area contributed by atoms with Crippen molar-refractivity contribution in [2.24, 2.45) is 0 Å². The highest BCUT2D eigenvalue weighted by atomic mass is 32.2. The van der Waals surface area contributed by atoms with Crippen LogP contribution in [0.15, 0.2) is 6.07 Å². The van der Waals surface area contributed by atoms with Gasteiger partial charge in [0.25, 0.3) is 0 Å². The summed E-state index contributed by atoms with van der Waals surface area (Å²) >= 11 is 1.66. The summed E-state index contributed by atoms with van der Waals surface area (Å²) < 4.78 is 26.7. The van der Waals surface area contributed by atoms with Gasteiger partial charge in [-0.2, -0.15) is 0 Å². The molecule has 0 aliphatic carbocycles. The van der Waals surface area contributed by atoms with Crippen molar-refractivity contribution in [1.82, 2.24) is 14.9 Å². The van der Waals surface area contributed by atoms with E-state index in [2.05, 4.69) is 27.9 Å². The van der Waals surface area contributed by atoms with Gasteiger partial charge in [0.1, 0.15) is 0 Å². The van der Waals surface area contributed by atoms with Gasteiger partial charge in [-0.15, -0.1) is 11.3 Å². The van der Waals surface area contributed by atoms with Gasteiger partial charge in [-0.05, 0) is 25.5 Å². The van der Waals surface area contributed by atoms with Crippen LogP contribution in [0.3, 0.4) is 0 Å². The van der Waals surface area contributed by atoms with Crippen molar-refractivity contribution in [1.29, 1.82) is 0 Å². The lowest BCUT2D eigenvalue weighted by molar-refractivity contribution is 0.253. The first-order valence-electron chi connectivity index (χ1n) is 6.92. The number of thiophene rings is 1. The first kappa shape index (κ1) is 15.9. The van der Waals surface area contributed by atoms with Crippen LogP contribution in [-0.2, 0) is 16.6 Å². The maximum atomic E-state index is 12.0. The lowest BCUT2D eigenvalue weighted by Crippen LogP contribution is -2.45. The van der Waals surface area contributed by atoms with Gasteiger partial charge in [-0.1, -0.05) is 0 Å². The molecule has 5 nitrogen and oxygen atoms in total. The fourth-order valence-corrected chi connectivity index (χ4v) is 4.28. The van der Waals surface area contributed by atoms with E-state index in [9.17, 15) is 8.42 Å². The smallest absolute Gasteiger partial charge is 0.213 e. The fourth-order valence-electron chi connectivity index (χ4n) is 2.17. The molecule has 114 valence electrons. The maximum Gasteiger partial charge on any atom is 0.213 e. The minimum absolute atomic E-state index is 0.177. The largest absolute Gasteiger partial charge is 0.314 e. The molecule has 0 radical (unpaired) electrons. The molecule has 0 amide bonds. The second kappa shape index (κ2) is 7.00. The van der Waals surface area contributed by atoms with E-state index in [1.165, 1.54) is 10.4 Å². The van der Waals surface area contributed by atoms with Gasteiger partial charge in [-0.25, -0.2) is 13.1 Å². The molecule has 1 saturated heterocycles. The minimum atomic E-state index is -3.19. The van der Waals surface area contributed by atoms with Gasteiger partial charge in [0, 0.05) is 49.0 Å². The molecule has 1 fully saturated rings. The molecule has 2 N–H and O–H groups in total. The average Bonchev–Trinajstić information content (AvgIpc) is 2.75. The zero-order chi connectivity index (χ0) is 14.6. The van der Waals surface area contributed by atoms with Crippen LogP contribution in [0.2, 0.25) is 0 Å². The van der Waals surface area contributed by atoms with Crippen molar-refractivity contribution in [2.45, 2.75) is 20.4 Å². The Morgan fingerprint density at radius 1 is 1.35 bits per heavy atom. The summed E-state index contributed by atoms with van der Waals surface area (Å²) in [6, 6.07) is 2.05. The molecule has 0 unspecified atom stereocenters. The lowest BCUT2D eigenvalue weighted by atomic mass is 10.3. The number of hydrogen-bond donors (Lipinski definition) is 2. The number of aryl methyl sites for hydroxylation is 2. The first-order valence-corrected chi connectivity index (χ1v) is 9.39. The van der Waals surface area contributed by atoms with E-state index < -0.39 is 10.0 Å². The van der Waals surface area contributed by atoms with Crippen LogP contribution in [0.25, 0.3) is 0 Å². The van der Waals surface area contributed by atoms with E-state index in [0.29, 0.717) is 13.1 Å². The molecule has 0 atom stereocenters. The molecule has 1 aromatic rings. The summed E-state index contributed by atoms with van der Waals surface area (Å²) in [6.07, 6.45) is 0. The quantitative estimate of drug-likeness (QED) is 0.810. The minimum Gasteiger partial charge on any atom is -0.314 e. The topological polar surface area (TPSA) is 61.4 Å². The van der Waals surface area contributed by atoms with Gasteiger partial charge in [0.2, 0.25) is 10.0 Å². The highest BCUT2D eigenvalue weighted by Crippen LogP contribution is 2.20. The molecule has 0 aromatic carbocycles. The second-order valence-corrected chi connectivity index (χ2v) is 8.45. The van der Waals surface area contributed by atoms with Crippen molar-refractivity contribution in [3.05, 3.63) is 21.4 Å². The molecular formula is C13H23N3O2S2. The van der Waals surface area contributed by atoms with E-state index in [-0.39, 0.29) is 5.75 Å². The summed E-state index contributed by atoms with van der Waals surface area (Å²) in [7, 11) is -3.19. The van der Waals surface area contributed by atoms with Crippen LogP contribution in [-0.4, -0.2) is 51.8 Å². The third-order valence-corrected chi connectivity index (χ3v) is 6.03. The van der Waals surface area contributed by atoms with Crippen molar-refractivity contribution in [3.8, 4) is 0 Å². The van der Waals surface area contributed by atoms with E-state index in [0.717, 1.165) is 31.1 Å². The Morgan fingerprint density at radius 2 is 2.05 bits per heavy atom. The maximum absolute atomic E-state index is 12.0. The molecule has 20 heavy (non-hydrogen) atoms. The Hall–Kier alpha value is -0.470. The zero-order valence-corrected chi connectivity index (χ0v) is 13.7. The van der Waals surface area contributed by atoms with E-state index >= 15 is 0 Å². The summed E-state index contributed by atoms with van der Waals surface area (Å²) in [6.45, 7) is 8.87. The fraction of sp³-hybridized carbons (Fsp3) is 0.692. The highest BCUT2D eigenvalue weighted by Gasteiger charge is 2.15. The standard InChI is InChI=1S/C13H23N3O2S2/c1-11-9-13(19-12(11)2)10-15-20(17,18)8-7-16-5-3-14-4-6-16/h9,14-15H,3-8,10H2,1-2H3. The molecule has 1 aromatic heterocycles. The number of sulfonamides is 1. The van der Waals surface area contributed by atoms with Gasteiger partial charge in [0.15, 0.2) is 0 Å². The second-order valence-electron chi connectivity index (χ2n) is 5.18. The van der Waals surface area contributed by atoms with Crippen LogP contribution in [0, 0.1) is 13.8 Å². The highest BCUT2D eigenvalue weighted by molar-refractivity contribution is 7.89. The molecule has 7 heteroatoms. The van der Waals surface area contributed by atoms with Crippen molar-refractivity contribution >= 4 is 21.4 Å². The third kappa shape index (κ3) is 4.82. The molecule has 0 spiro atoms. The zero-order valence-electron chi connectivity index (χ0n) is 12.1. The van der Waals surface area contributed by atoms with Gasteiger partial charge in [-0.3, -0.25) is 4.90 Å². The van der Waals surface area contributed by atoms with Crippen LogP contribution in [0.5, 0.6) is 0 Å². The molecule has 2 rings (SSSR count). The van der Waals surface area contributed by atoms with Crippen molar-refractivity contribution in [2.75, 3.05) is 38.5 Å². The van der Waals surface area contributed by atoms with Crippen LogP contribution in [0.1, 0.15) is 15.3 Å². The Morgan fingerprint density at radius 3 is 2.65 bits per heavy atom. The number of rotatable bonds is 6. The molecule has 2 heterocycles. The lowest BCUT2D eigenvalue weighted by Gasteiger charge is -2.26. The van der Waals surface area contributed by atoms with E-state index in [1.54, 1.807) is 11.3 Å². The summed E-state index contributed by atoms with van der Waals surface area (Å²) in [5.74, 6) is 0.177. The van der Waals surface area contributed by atoms with E-state index in [4.69, 9.17) is 0 Å². The number of piperazine rings is 1. The molecule has 0 bridgehead atoms. The predicted octanol–water partition coefficient (Wildman–Crippen LogP) is 0.690. The van der Waals surface area contributed by atoms with Crippen LogP contribution in [0.4, 0.5) is 0 Å². The molecule has 1 aliphatic heterocycles. The van der Waals surface area contributed by atoms with Crippen molar-refractivity contribution in [3.63, 3.8) is 0 Å². The normalized spacial score (nSPS) is 17.5. The van der Waals surface area contributed by atoms with Gasteiger partial charge >= 0.3 is 0 Å².